The van der Waals surface area contributed by atoms with Crippen LogP contribution in [0, 0.1) is 0 Å². The van der Waals surface area contributed by atoms with Crippen molar-refractivity contribution in [1.29, 1.82) is 0 Å². The molecule has 1 aromatic heterocycles. The van der Waals surface area contributed by atoms with Crippen molar-refractivity contribution in [2.75, 3.05) is 10.6 Å². The molecular weight excluding hydrogens is 254 g/mol. The largest absolute Gasteiger partial charge is 0.378 e. The van der Waals surface area contributed by atoms with E-state index < -0.39 is 6.03 Å². The number of carbonyl (C=O) groups excluding carboxylic acids is 1. The zero-order valence-corrected chi connectivity index (χ0v) is 11.6. The van der Waals surface area contributed by atoms with Gasteiger partial charge >= 0.3 is 6.03 Å². The fourth-order valence-electron chi connectivity index (χ4n) is 1.94. The molecule has 2 rings (SSSR count). The molecule has 1 atom stereocenters. The van der Waals surface area contributed by atoms with Crippen LogP contribution in [0.2, 0.25) is 0 Å². The standard InChI is InChI=1S/C14H19N5O/c1-3-19-9-11(8-16-19)10(2)17-12-5-4-6-13(7-12)18-14(15)20/h4-10,17H,3H2,1-2H3,(H3,15,18,20). The van der Waals surface area contributed by atoms with Gasteiger partial charge in [0.25, 0.3) is 0 Å². The number of rotatable bonds is 5. The summed E-state index contributed by atoms with van der Waals surface area (Å²) in [6.45, 7) is 4.96. The Bertz CT molecular complexity index is 593. The monoisotopic (exact) mass is 273 g/mol. The number of anilines is 2. The summed E-state index contributed by atoms with van der Waals surface area (Å²) in [7, 11) is 0. The van der Waals surface area contributed by atoms with Crippen LogP contribution in [0.15, 0.2) is 36.7 Å². The maximum atomic E-state index is 10.8. The van der Waals surface area contributed by atoms with Gasteiger partial charge in [0, 0.05) is 29.7 Å². The van der Waals surface area contributed by atoms with Crippen LogP contribution in [0.25, 0.3) is 0 Å². The van der Waals surface area contributed by atoms with E-state index in [1.165, 1.54) is 0 Å². The van der Waals surface area contributed by atoms with Gasteiger partial charge in [-0.2, -0.15) is 5.10 Å². The van der Waals surface area contributed by atoms with Crippen LogP contribution in [0.1, 0.15) is 25.5 Å². The van der Waals surface area contributed by atoms with E-state index in [4.69, 9.17) is 5.73 Å². The zero-order chi connectivity index (χ0) is 14.5. The fourth-order valence-corrected chi connectivity index (χ4v) is 1.94. The van der Waals surface area contributed by atoms with Crippen molar-refractivity contribution in [1.82, 2.24) is 9.78 Å². The summed E-state index contributed by atoms with van der Waals surface area (Å²) < 4.78 is 1.89. The van der Waals surface area contributed by atoms with Crippen LogP contribution in [0.4, 0.5) is 16.2 Å². The van der Waals surface area contributed by atoms with E-state index >= 15 is 0 Å². The van der Waals surface area contributed by atoms with Gasteiger partial charge in [-0.05, 0) is 32.0 Å². The highest BCUT2D eigenvalue weighted by Gasteiger charge is 2.08. The molecule has 0 saturated carbocycles. The first kappa shape index (κ1) is 13.9. The number of carbonyl (C=O) groups is 1. The predicted molar refractivity (Wildman–Crippen MR) is 79.6 cm³/mol. The Labute approximate surface area is 118 Å². The molecule has 0 aliphatic rings. The summed E-state index contributed by atoms with van der Waals surface area (Å²) in [6, 6.07) is 6.97. The molecule has 4 N–H and O–H groups in total. The molecule has 6 heteroatoms. The number of nitrogens with one attached hydrogen (secondary N) is 2. The van der Waals surface area contributed by atoms with Gasteiger partial charge in [-0.25, -0.2) is 4.79 Å². The van der Waals surface area contributed by atoms with Crippen LogP contribution in [-0.4, -0.2) is 15.8 Å². The number of aryl methyl sites for hydroxylation is 1. The molecule has 1 heterocycles. The van der Waals surface area contributed by atoms with Crippen LogP contribution >= 0.6 is 0 Å². The van der Waals surface area contributed by atoms with Gasteiger partial charge in [-0.1, -0.05) is 6.07 Å². The molecule has 0 saturated heterocycles. The lowest BCUT2D eigenvalue weighted by atomic mass is 10.1. The van der Waals surface area contributed by atoms with Gasteiger partial charge in [0.05, 0.1) is 12.2 Å². The second kappa shape index (κ2) is 6.10. The molecule has 0 spiro atoms. The van der Waals surface area contributed by atoms with Crippen molar-refractivity contribution in [3.63, 3.8) is 0 Å². The minimum absolute atomic E-state index is 0.124. The van der Waals surface area contributed by atoms with Crippen LogP contribution < -0.4 is 16.4 Å². The highest BCUT2D eigenvalue weighted by atomic mass is 16.2. The van der Waals surface area contributed by atoms with E-state index in [1.807, 2.05) is 42.2 Å². The number of aromatic nitrogens is 2. The second-order valence-corrected chi connectivity index (χ2v) is 4.57. The number of primary amides is 1. The maximum absolute atomic E-state index is 10.8. The van der Waals surface area contributed by atoms with E-state index in [0.717, 1.165) is 17.8 Å². The minimum atomic E-state index is -0.570. The molecule has 0 aliphatic carbocycles. The van der Waals surface area contributed by atoms with E-state index in [9.17, 15) is 4.79 Å². The SMILES string of the molecule is CCn1cc(C(C)Nc2cccc(NC(N)=O)c2)cn1. The predicted octanol–water partition coefficient (Wildman–Crippen LogP) is 2.57. The first-order valence-corrected chi connectivity index (χ1v) is 6.54. The van der Waals surface area contributed by atoms with Gasteiger partial charge < -0.3 is 16.4 Å². The number of urea groups is 1. The lowest BCUT2D eigenvalue weighted by Gasteiger charge is -2.14. The number of benzene rings is 1. The molecule has 0 radical (unpaired) electrons. The van der Waals surface area contributed by atoms with Crippen molar-refractivity contribution in [2.45, 2.75) is 26.4 Å². The Balaban J connectivity index is 2.07. The molecule has 1 unspecified atom stereocenters. The first-order chi connectivity index (χ1) is 9.58. The third-order valence-corrected chi connectivity index (χ3v) is 2.99. The van der Waals surface area contributed by atoms with Gasteiger partial charge in [0.2, 0.25) is 0 Å². The summed E-state index contributed by atoms with van der Waals surface area (Å²) in [6.07, 6.45) is 3.87. The molecule has 0 aliphatic heterocycles. The number of hydrogen-bond donors (Lipinski definition) is 3. The smallest absolute Gasteiger partial charge is 0.316 e. The highest BCUT2D eigenvalue weighted by Crippen LogP contribution is 2.21. The van der Waals surface area contributed by atoms with Crippen molar-refractivity contribution in [2.24, 2.45) is 5.73 Å². The van der Waals surface area contributed by atoms with E-state index in [0.29, 0.717) is 5.69 Å². The Morgan fingerprint density at radius 1 is 1.45 bits per heavy atom. The third-order valence-electron chi connectivity index (χ3n) is 2.99. The quantitative estimate of drug-likeness (QED) is 0.782. The molecular formula is C14H19N5O. The minimum Gasteiger partial charge on any atom is -0.378 e. The van der Waals surface area contributed by atoms with Gasteiger partial charge in [-0.15, -0.1) is 0 Å². The van der Waals surface area contributed by atoms with Crippen molar-refractivity contribution >= 4 is 17.4 Å². The number of amides is 2. The van der Waals surface area contributed by atoms with Crippen LogP contribution in [0.5, 0.6) is 0 Å². The van der Waals surface area contributed by atoms with Gasteiger partial charge in [0.1, 0.15) is 0 Å². The average molecular weight is 273 g/mol. The summed E-state index contributed by atoms with van der Waals surface area (Å²) in [5, 5.41) is 10.2. The molecule has 6 nitrogen and oxygen atoms in total. The normalized spacial score (nSPS) is 11.9. The Kier molecular flexibility index (Phi) is 4.24. The zero-order valence-electron chi connectivity index (χ0n) is 11.6. The molecule has 1 aromatic carbocycles. The maximum Gasteiger partial charge on any atom is 0.316 e. The Morgan fingerprint density at radius 2 is 2.20 bits per heavy atom. The lowest BCUT2D eigenvalue weighted by Crippen LogP contribution is -2.19. The van der Waals surface area contributed by atoms with Gasteiger partial charge in [-0.3, -0.25) is 4.68 Å². The fraction of sp³-hybridized carbons (Fsp3) is 0.286. The topological polar surface area (TPSA) is 85.0 Å². The average Bonchev–Trinajstić information content (AvgIpc) is 2.87. The van der Waals surface area contributed by atoms with Crippen molar-refractivity contribution in [3.8, 4) is 0 Å². The summed E-state index contributed by atoms with van der Waals surface area (Å²) in [4.78, 5) is 10.8. The molecule has 0 bridgehead atoms. The van der Waals surface area contributed by atoms with E-state index in [2.05, 4.69) is 22.7 Å². The second-order valence-electron chi connectivity index (χ2n) is 4.57. The summed E-state index contributed by atoms with van der Waals surface area (Å²) in [5.74, 6) is 0. The number of nitrogens with two attached hydrogens (primary N) is 1. The van der Waals surface area contributed by atoms with Crippen LogP contribution in [0.3, 0.4) is 0 Å². The van der Waals surface area contributed by atoms with Crippen LogP contribution in [-0.2, 0) is 6.54 Å². The highest BCUT2D eigenvalue weighted by molar-refractivity contribution is 5.88. The Morgan fingerprint density at radius 3 is 2.85 bits per heavy atom. The number of hydrogen-bond acceptors (Lipinski definition) is 3. The van der Waals surface area contributed by atoms with E-state index in [-0.39, 0.29) is 6.04 Å². The van der Waals surface area contributed by atoms with Gasteiger partial charge in [0.15, 0.2) is 0 Å². The first-order valence-electron chi connectivity index (χ1n) is 6.54. The lowest BCUT2D eigenvalue weighted by molar-refractivity contribution is 0.259. The number of nitrogens with zero attached hydrogens (tertiary/aromatic N) is 2. The Hall–Kier alpha value is -2.50. The molecule has 20 heavy (non-hydrogen) atoms. The summed E-state index contributed by atoms with van der Waals surface area (Å²) in [5.41, 5.74) is 7.79. The molecule has 2 aromatic rings. The molecule has 0 fully saturated rings. The molecule has 106 valence electrons. The summed E-state index contributed by atoms with van der Waals surface area (Å²) >= 11 is 0. The third kappa shape index (κ3) is 3.50. The van der Waals surface area contributed by atoms with Crippen molar-refractivity contribution in [3.05, 3.63) is 42.2 Å². The van der Waals surface area contributed by atoms with E-state index in [1.54, 1.807) is 6.07 Å². The molecule has 2 amide bonds. The van der Waals surface area contributed by atoms with Crippen molar-refractivity contribution < 1.29 is 4.79 Å².